The Balaban J connectivity index is 2.43. The largest absolute Gasteiger partial charge is 0.311 e. The number of aryl methyl sites for hydroxylation is 1. The van der Waals surface area contributed by atoms with E-state index in [1.54, 1.807) is 19.1 Å². The van der Waals surface area contributed by atoms with Crippen LogP contribution in [0.3, 0.4) is 0 Å². The normalized spacial score (nSPS) is 12.7. The SMILES string of the molecule is CCC(C)N(C)CCNCc1ccc(C)c([N+](=O)[O-])c1. The predicted molar refractivity (Wildman–Crippen MR) is 81.9 cm³/mol. The van der Waals surface area contributed by atoms with E-state index in [9.17, 15) is 10.1 Å². The first-order valence-corrected chi connectivity index (χ1v) is 7.10. The van der Waals surface area contributed by atoms with Crippen LogP contribution in [-0.4, -0.2) is 36.0 Å². The van der Waals surface area contributed by atoms with Gasteiger partial charge in [0.05, 0.1) is 4.92 Å². The Labute approximate surface area is 121 Å². The summed E-state index contributed by atoms with van der Waals surface area (Å²) < 4.78 is 0. The number of rotatable bonds is 8. The summed E-state index contributed by atoms with van der Waals surface area (Å²) in [4.78, 5) is 12.9. The van der Waals surface area contributed by atoms with Crippen LogP contribution in [0.25, 0.3) is 0 Å². The van der Waals surface area contributed by atoms with E-state index in [2.05, 4.69) is 31.1 Å². The van der Waals surface area contributed by atoms with E-state index in [0.29, 0.717) is 18.2 Å². The summed E-state index contributed by atoms with van der Waals surface area (Å²) in [5.74, 6) is 0. The molecule has 5 nitrogen and oxygen atoms in total. The molecule has 0 aliphatic heterocycles. The molecule has 0 heterocycles. The third kappa shape index (κ3) is 4.90. The third-order valence-electron chi connectivity index (χ3n) is 3.78. The van der Waals surface area contributed by atoms with E-state index < -0.39 is 0 Å². The second kappa shape index (κ2) is 7.97. The topological polar surface area (TPSA) is 58.4 Å². The number of likely N-dealkylation sites (N-methyl/N-ethyl adjacent to an activating group) is 1. The molecule has 5 heteroatoms. The lowest BCUT2D eigenvalue weighted by Crippen LogP contribution is -2.34. The molecule has 0 bridgehead atoms. The molecule has 20 heavy (non-hydrogen) atoms. The van der Waals surface area contributed by atoms with E-state index in [4.69, 9.17) is 0 Å². The lowest BCUT2D eigenvalue weighted by Gasteiger charge is -2.23. The summed E-state index contributed by atoms with van der Waals surface area (Å²) in [6.07, 6.45) is 1.14. The first-order valence-electron chi connectivity index (χ1n) is 7.10. The van der Waals surface area contributed by atoms with Gasteiger partial charge in [0.2, 0.25) is 0 Å². The van der Waals surface area contributed by atoms with Crippen molar-refractivity contribution >= 4 is 5.69 Å². The van der Waals surface area contributed by atoms with Crippen LogP contribution in [0.1, 0.15) is 31.4 Å². The smallest absolute Gasteiger partial charge is 0.272 e. The van der Waals surface area contributed by atoms with Crippen molar-refractivity contribution in [1.29, 1.82) is 0 Å². The van der Waals surface area contributed by atoms with E-state index >= 15 is 0 Å². The van der Waals surface area contributed by atoms with Crippen molar-refractivity contribution < 1.29 is 4.92 Å². The molecule has 0 saturated heterocycles. The summed E-state index contributed by atoms with van der Waals surface area (Å²) in [7, 11) is 2.12. The van der Waals surface area contributed by atoms with Gasteiger partial charge in [-0.3, -0.25) is 10.1 Å². The van der Waals surface area contributed by atoms with Crippen molar-refractivity contribution in [3.63, 3.8) is 0 Å². The molecule has 0 aromatic heterocycles. The highest BCUT2D eigenvalue weighted by atomic mass is 16.6. The van der Waals surface area contributed by atoms with Gasteiger partial charge in [0, 0.05) is 37.3 Å². The highest BCUT2D eigenvalue weighted by Crippen LogP contribution is 2.18. The third-order valence-corrected chi connectivity index (χ3v) is 3.78. The molecule has 1 unspecified atom stereocenters. The summed E-state index contributed by atoms with van der Waals surface area (Å²) >= 11 is 0. The summed E-state index contributed by atoms with van der Waals surface area (Å²) in [5.41, 5.74) is 1.85. The fourth-order valence-corrected chi connectivity index (χ4v) is 1.98. The molecule has 1 rings (SSSR count). The molecule has 0 radical (unpaired) electrons. The first kappa shape index (κ1) is 16.6. The molecule has 1 atom stereocenters. The Kier molecular flexibility index (Phi) is 6.61. The Morgan fingerprint density at radius 3 is 2.75 bits per heavy atom. The number of hydrogen-bond donors (Lipinski definition) is 1. The lowest BCUT2D eigenvalue weighted by atomic mass is 10.1. The van der Waals surface area contributed by atoms with Gasteiger partial charge in [-0.2, -0.15) is 0 Å². The molecule has 0 fully saturated rings. The highest BCUT2D eigenvalue weighted by Gasteiger charge is 2.10. The fraction of sp³-hybridized carbons (Fsp3) is 0.600. The summed E-state index contributed by atoms with van der Waals surface area (Å²) in [6.45, 7) is 8.67. The van der Waals surface area contributed by atoms with Crippen molar-refractivity contribution in [2.24, 2.45) is 0 Å². The van der Waals surface area contributed by atoms with Crippen molar-refractivity contribution in [3.8, 4) is 0 Å². The van der Waals surface area contributed by atoms with Gasteiger partial charge in [-0.05, 0) is 32.9 Å². The van der Waals surface area contributed by atoms with Gasteiger partial charge in [-0.25, -0.2) is 0 Å². The van der Waals surface area contributed by atoms with Crippen molar-refractivity contribution in [2.75, 3.05) is 20.1 Å². The van der Waals surface area contributed by atoms with E-state index in [1.807, 2.05) is 6.07 Å². The van der Waals surface area contributed by atoms with E-state index in [-0.39, 0.29) is 10.6 Å². The highest BCUT2D eigenvalue weighted by molar-refractivity contribution is 5.42. The van der Waals surface area contributed by atoms with Crippen LogP contribution >= 0.6 is 0 Å². The Morgan fingerprint density at radius 1 is 1.45 bits per heavy atom. The van der Waals surface area contributed by atoms with Crippen molar-refractivity contribution in [1.82, 2.24) is 10.2 Å². The molecular formula is C15H25N3O2. The predicted octanol–water partition coefficient (Wildman–Crippen LogP) is 2.72. The summed E-state index contributed by atoms with van der Waals surface area (Å²) in [5, 5.41) is 14.2. The molecule has 1 aromatic carbocycles. The second-order valence-corrected chi connectivity index (χ2v) is 5.29. The molecule has 0 aliphatic rings. The molecule has 0 saturated carbocycles. The number of nitrogens with one attached hydrogen (secondary N) is 1. The maximum absolute atomic E-state index is 10.9. The van der Waals surface area contributed by atoms with Gasteiger partial charge in [0.1, 0.15) is 0 Å². The Bertz CT molecular complexity index is 449. The Morgan fingerprint density at radius 2 is 2.15 bits per heavy atom. The molecule has 0 spiro atoms. The van der Waals surface area contributed by atoms with Crippen LogP contribution < -0.4 is 5.32 Å². The van der Waals surface area contributed by atoms with Crippen LogP contribution in [0.5, 0.6) is 0 Å². The minimum atomic E-state index is -0.324. The van der Waals surface area contributed by atoms with Gasteiger partial charge in [-0.15, -0.1) is 0 Å². The van der Waals surface area contributed by atoms with Crippen LogP contribution in [-0.2, 0) is 6.54 Å². The molecule has 0 aliphatic carbocycles. The average molecular weight is 279 g/mol. The maximum Gasteiger partial charge on any atom is 0.272 e. The Hall–Kier alpha value is -1.46. The lowest BCUT2D eigenvalue weighted by molar-refractivity contribution is -0.385. The zero-order valence-electron chi connectivity index (χ0n) is 12.8. The quantitative estimate of drug-likeness (QED) is 0.451. The van der Waals surface area contributed by atoms with Crippen molar-refractivity contribution in [2.45, 2.75) is 39.8 Å². The van der Waals surface area contributed by atoms with Crippen LogP contribution in [0, 0.1) is 17.0 Å². The zero-order valence-corrected chi connectivity index (χ0v) is 12.8. The molecule has 112 valence electrons. The van der Waals surface area contributed by atoms with Crippen LogP contribution in [0.15, 0.2) is 18.2 Å². The minimum absolute atomic E-state index is 0.195. The molecular weight excluding hydrogens is 254 g/mol. The second-order valence-electron chi connectivity index (χ2n) is 5.29. The first-order chi connectivity index (χ1) is 9.45. The van der Waals surface area contributed by atoms with Gasteiger partial charge in [0.25, 0.3) is 5.69 Å². The number of nitrogens with zero attached hydrogens (tertiary/aromatic N) is 2. The van der Waals surface area contributed by atoms with Crippen LogP contribution in [0.4, 0.5) is 5.69 Å². The fourth-order valence-electron chi connectivity index (χ4n) is 1.98. The standard InChI is InChI=1S/C15H25N3O2/c1-5-13(3)17(4)9-8-16-11-14-7-6-12(2)15(10-14)18(19)20/h6-7,10,13,16H,5,8-9,11H2,1-4H3. The zero-order chi connectivity index (χ0) is 15.1. The number of nitro benzene ring substituents is 1. The number of benzene rings is 1. The molecule has 0 amide bonds. The van der Waals surface area contributed by atoms with Gasteiger partial charge in [-0.1, -0.05) is 19.1 Å². The average Bonchev–Trinajstić information content (AvgIpc) is 2.43. The van der Waals surface area contributed by atoms with Gasteiger partial charge in [0.15, 0.2) is 0 Å². The van der Waals surface area contributed by atoms with Crippen molar-refractivity contribution in [3.05, 3.63) is 39.4 Å². The van der Waals surface area contributed by atoms with Crippen LogP contribution in [0.2, 0.25) is 0 Å². The van der Waals surface area contributed by atoms with Gasteiger partial charge < -0.3 is 10.2 Å². The number of hydrogen-bond acceptors (Lipinski definition) is 4. The van der Waals surface area contributed by atoms with E-state index in [1.165, 1.54) is 0 Å². The number of nitro groups is 1. The molecule has 1 N–H and O–H groups in total. The minimum Gasteiger partial charge on any atom is -0.311 e. The maximum atomic E-state index is 10.9. The monoisotopic (exact) mass is 279 g/mol. The van der Waals surface area contributed by atoms with E-state index in [0.717, 1.165) is 25.1 Å². The molecule has 1 aromatic rings. The summed E-state index contributed by atoms with van der Waals surface area (Å²) in [6, 6.07) is 5.98. The van der Waals surface area contributed by atoms with Gasteiger partial charge >= 0.3 is 0 Å².